The molecule has 1 aromatic carbocycles. The summed E-state index contributed by atoms with van der Waals surface area (Å²) >= 11 is 0. The Morgan fingerprint density at radius 2 is 1.20 bits per heavy atom. The van der Waals surface area contributed by atoms with E-state index in [1.54, 1.807) is 0 Å². The van der Waals surface area contributed by atoms with E-state index >= 15 is 0 Å². The molecule has 0 spiro atoms. The number of rotatable bonds is 11. The average Bonchev–Trinajstić information content (AvgIpc) is 2.86. The van der Waals surface area contributed by atoms with Crippen LogP contribution in [-0.2, 0) is 59.0 Å². The lowest BCUT2D eigenvalue weighted by Gasteiger charge is -2.45. The Labute approximate surface area is 231 Å². The molecular formula is C26H34O14. The van der Waals surface area contributed by atoms with Crippen molar-refractivity contribution in [3.8, 4) is 17.2 Å². The van der Waals surface area contributed by atoms with Crippen LogP contribution in [0.4, 0.5) is 0 Å². The Morgan fingerprint density at radius 1 is 0.675 bits per heavy atom. The van der Waals surface area contributed by atoms with Crippen LogP contribution in [-0.4, -0.2) is 82.2 Å². The summed E-state index contributed by atoms with van der Waals surface area (Å²) in [6.07, 6.45) is -6.75. The fraction of sp³-hybridized carbons (Fsp3) is 0.577. The molecule has 1 aliphatic heterocycles. The number of carbonyl (C=O) groups is 5. The van der Waals surface area contributed by atoms with Gasteiger partial charge in [0.05, 0.1) is 21.3 Å². The van der Waals surface area contributed by atoms with Crippen molar-refractivity contribution >= 4 is 29.8 Å². The van der Waals surface area contributed by atoms with Gasteiger partial charge in [-0.2, -0.15) is 0 Å². The van der Waals surface area contributed by atoms with Crippen molar-refractivity contribution in [3.05, 3.63) is 17.2 Å². The molecular weight excluding hydrogens is 536 g/mol. The van der Waals surface area contributed by atoms with Crippen LogP contribution in [0.25, 0.3) is 0 Å². The largest absolute Gasteiger partial charge is 0.493 e. The van der Waals surface area contributed by atoms with Crippen LogP contribution in [0, 0.1) is 0 Å². The van der Waals surface area contributed by atoms with E-state index in [0.29, 0.717) is 5.56 Å². The van der Waals surface area contributed by atoms with Crippen LogP contribution >= 0.6 is 0 Å². The second kappa shape index (κ2) is 14.4. The molecule has 2 rings (SSSR count). The summed E-state index contributed by atoms with van der Waals surface area (Å²) in [7, 11) is 4.09. The fourth-order valence-electron chi connectivity index (χ4n) is 4.30. The molecule has 40 heavy (non-hydrogen) atoms. The van der Waals surface area contributed by atoms with Gasteiger partial charge in [-0.15, -0.1) is 0 Å². The molecule has 222 valence electrons. The van der Waals surface area contributed by atoms with Crippen LogP contribution in [0.2, 0.25) is 0 Å². The van der Waals surface area contributed by atoms with Gasteiger partial charge >= 0.3 is 29.8 Å². The fourth-order valence-corrected chi connectivity index (χ4v) is 4.30. The maximum atomic E-state index is 12.3. The van der Waals surface area contributed by atoms with Gasteiger partial charge in [-0.05, 0) is 6.07 Å². The molecule has 0 amide bonds. The summed E-state index contributed by atoms with van der Waals surface area (Å²) in [6.45, 7) is 5.02. The van der Waals surface area contributed by atoms with Gasteiger partial charge in [-0.25, -0.2) is 0 Å². The molecule has 1 fully saturated rings. The molecule has 1 heterocycles. The van der Waals surface area contributed by atoms with E-state index in [0.717, 1.165) is 20.8 Å². The Morgan fingerprint density at radius 3 is 1.68 bits per heavy atom. The molecule has 0 unspecified atom stereocenters. The van der Waals surface area contributed by atoms with Crippen molar-refractivity contribution in [2.45, 2.75) is 71.7 Å². The van der Waals surface area contributed by atoms with E-state index in [2.05, 4.69) is 0 Å². The Kier molecular flexibility index (Phi) is 11.5. The van der Waals surface area contributed by atoms with Crippen LogP contribution in [0.1, 0.15) is 51.8 Å². The van der Waals surface area contributed by atoms with Crippen LogP contribution in [0.15, 0.2) is 6.07 Å². The first-order valence-electron chi connectivity index (χ1n) is 12.1. The molecule has 1 aromatic rings. The SMILES string of the molecule is COc1cc(COC(C)=O)c([C@H]2O[C@H](COC(C)=O)[C@@H](OC(C)=O)[C@H](OC(C)=O)[C@@H]2OC(C)=O)c(OC)c1OC. The average molecular weight is 571 g/mol. The normalized spacial score (nSPS) is 21.9. The van der Waals surface area contributed by atoms with E-state index in [-0.39, 0.29) is 29.4 Å². The zero-order valence-corrected chi connectivity index (χ0v) is 23.6. The number of esters is 5. The number of benzene rings is 1. The first-order chi connectivity index (χ1) is 18.8. The summed E-state index contributed by atoms with van der Waals surface area (Å²) in [6, 6.07) is 1.51. The second-order valence-corrected chi connectivity index (χ2v) is 8.62. The van der Waals surface area contributed by atoms with E-state index in [4.69, 9.17) is 42.6 Å². The highest BCUT2D eigenvalue weighted by Crippen LogP contribution is 2.49. The maximum Gasteiger partial charge on any atom is 0.303 e. The highest BCUT2D eigenvalue weighted by Gasteiger charge is 2.54. The Hall–Kier alpha value is -4.07. The molecule has 0 N–H and O–H groups in total. The summed E-state index contributed by atoms with van der Waals surface area (Å²) in [4.78, 5) is 59.9. The predicted octanol–water partition coefficient (Wildman–Crippen LogP) is 1.57. The third-order valence-electron chi connectivity index (χ3n) is 5.66. The topological polar surface area (TPSA) is 168 Å². The standard InChI is InChI=1S/C26H34O14/c1-12(27)35-10-17-9-18(32-6)21(33-7)23(34-8)20(17)24-26(39-16(5)31)25(38-15(4)30)22(37-14(3)29)19(40-24)11-36-13(2)28/h9,19,22,24-26H,10-11H2,1-8H3/t19-,22-,24-,25+,26-/m1/s1. The molecule has 0 aromatic heterocycles. The number of carbonyl (C=O) groups excluding carboxylic acids is 5. The Balaban J connectivity index is 2.89. The molecule has 1 saturated heterocycles. The van der Waals surface area contributed by atoms with Gasteiger partial charge in [0.15, 0.2) is 29.8 Å². The van der Waals surface area contributed by atoms with Crippen molar-refractivity contribution in [1.82, 2.24) is 0 Å². The summed E-state index contributed by atoms with van der Waals surface area (Å²) in [5.74, 6) is -3.19. The van der Waals surface area contributed by atoms with Crippen LogP contribution in [0.3, 0.4) is 0 Å². The monoisotopic (exact) mass is 570 g/mol. The van der Waals surface area contributed by atoms with Crippen molar-refractivity contribution in [2.75, 3.05) is 27.9 Å². The van der Waals surface area contributed by atoms with E-state index < -0.39 is 67.0 Å². The molecule has 14 heteroatoms. The molecule has 14 nitrogen and oxygen atoms in total. The van der Waals surface area contributed by atoms with Gasteiger partial charge in [0, 0.05) is 45.7 Å². The van der Waals surface area contributed by atoms with Gasteiger partial charge in [-0.3, -0.25) is 24.0 Å². The molecule has 0 radical (unpaired) electrons. The molecule has 0 bridgehead atoms. The number of methoxy groups -OCH3 is 3. The van der Waals surface area contributed by atoms with E-state index in [1.165, 1.54) is 41.2 Å². The summed E-state index contributed by atoms with van der Waals surface area (Å²) < 4.78 is 49.8. The zero-order valence-electron chi connectivity index (χ0n) is 23.6. The minimum atomic E-state index is -1.43. The second-order valence-electron chi connectivity index (χ2n) is 8.62. The van der Waals surface area contributed by atoms with Crippen molar-refractivity contribution < 1.29 is 66.6 Å². The lowest BCUT2D eigenvalue weighted by molar-refractivity contribution is -0.254. The number of ether oxygens (including phenoxy) is 9. The third kappa shape index (κ3) is 7.97. The maximum absolute atomic E-state index is 12.3. The van der Waals surface area contributed by atoms with Gasteiger partial charge in [0.1, 0.15) is 25.4 Å². The highest BCUT2D eigenvalue weighted by atomic mass is 16.7. The van der Waals surface area contributed by atoms with Gasteiger partial charge < -0.3 is 42.6 Å². The Bertz CT molecular complexity index is 1110. The van der Waals surface area contributed by atoms with Gasteiger partial charge in [0.2, 0.25) is 5.75 Å². The number of hydrogen-bond acceptors (Lipinski definition) is 14. The van der Waals surface area contributed by atoms with Gasteiger partial charge in [-0.1, -0.05) is 0 Å². The van der Waals surface area contributed by atoms with Crippen molar-refractivity contribution in [1.29, 1.82) is 0 Å². The van der Waals surface area contributed by atoms with Gasteiger partial charge in [0.25, 0.3) is 0 Å². The lowest BCUT2D eigenvalue weighted by Crippen LogP contribution is -2.59. The van der Waals surface area contributed by atoms with Crippen LogP contribution < -0.4 is 14.2 Å². The number of hydrogen-bond donors (Lipinski definition) is 0. The molecule has 0 saturated carbocycles. The molecule has 1 aliphatic rings. The minimum absolute atomic E-state index is 0.0601. The van der Waals surface area contributed by atoms with E-state index in [1.807, 2.05) is 0 Å². The first kappa shape index (κ1) is 32.1. The predicted molar refractivity (Wildman–Crippen MR) is 132 cm³/mol. The smallest absolute Gasteiger partial charge is 0.303 e. The first-order valence-corrected chi connectivity index (χ1v) is 12.1. The minimum Gasteiger partial charge on any atom is -0.493 e. The molecule has 0 aliphatic carbocycles. The van der Waals surface area contributed by atoms with Crippen molar-refractivity contribution in [3.63, 3.8) is 0 Å². The zero-order chi connectivity index (χ0) is 30.1. The lowest BCUT2D eigenvalue weighted by atomic mass is 9.87. The quantitative estimate of drug-likeness (QED) is 0.277. The third-order valence-corrected chi connectivity index (χ3v) is 5.66. The van der Waals surface area contributed by atoms with Crippen molar-refractivity contribution in [2.24, 2.45) is 0 Å². The summed E-state index contributed by atoms with van der Waals surface area (Å²) in [5, 5.41) is 0. The van der Waals surface area contributed by atoms with Crippen LogP contribution in [0.5, 0.6) is 17.2 Å². The highest BCUT2D eigenvalue weighted by molar-refractivity contribution is 5.69. The van der Waals surface area contributed by atoms with E-state index in [9.17, 15) is 24.0 Å². The molecule has 5 atom stereocenters. The summed E-state index contributed by atoms with van der Waals surface area (Å²) in [5.41, 5.74) is 0.476.